The van der Waals surface area contributed by atoms with Gasteiger partial charge in [0.15, 0.2) is 5.75 Å². The number of benzene rings is 1. The highest BCUT2D eigenvalue weighted by molar-refractivity contribution is 9.10. The molecule has 1 heterocycles. The summed E-state index contributed by atoms with van der Waals surface area (Å²) < 4.78 is 6.16. The third-order valence-electron chi connectivity index (χ3n) is 5.08. The molecule has 3 aliphatic rings. The molecule has 2 amide bonds. The average molecular weight is 424 g/mol. The highest BCUT2D eigenvalue weighted by atomic mass is 79.9. The first-order valence-electron chi connectivity index (χ1n) is 8.23. The third-order valence-corrected chi connectivity index (χ3v) is 5.95. The number of allylic oxidation sites excluding steroid dienone is 2. The van der Waals surface area contributed by atoms with E-state index in [1.54, 1.807) is 12.1 Å². The van der Waals surface area contributed by atoms with Crippen LogP contribution in [0.15, 0.2) is 33.9 Å². The van der Waals surface area contributed by atoms with Crippen molar-refractivity contribution in [2.75, 3.05) is 6.61 Å². The molecule has 0 spiro atoms. The Kier molecular flexibility index (Phi) is 4.20. The fourth-order valence-electron chi connectivity index (χ4n) is 4.06. The van der Waals surface area contributed by atoms with Gasteiger partial charge in [-0.25, -0.2) is 0 Å². The number of fused-ring (bicyclic) bond motifs is 5. The van der Waals surface area contributed by atoms with Gasteiger partial charge in [0.05, 0.1) is 34.2 Å². The quantitative estimate of drug-likeness (QED) is 0.422. The van der Waals surface area contributed by atoms with Gasteiger partial charge in [-0.1, -0.05) is 23.8 Å². The van der Waals surface area contributed by atoms with E-state index in [1.165, 1.54) is 6.21 Å². The van der Waals surface area contributed by atoms with Crippen molar-refractivity contribution in [3.05, 3.63) is 39.3 Å². The van der Waals surface area contributed by atoms with Crippen LogP contribution in [-0.4, -0.2) is 29.6 Å². The monoisotopic (exact) mass is 422 g/mol. The van der Waals surface area contributed by atoms with E-state index in [4.69, 9.17) is 16.3 Å². The summed E-state index contributed by atoms with van der Waals surface area (Å²) in [7, 11) is 0. The number of nitrogens with zero attached hydrogens (tertiary/aromatic N) is 2. The molecule has 1 saturated heterocycles. The number of carbonyl (C=O) groups is 2. The van der Waals surface area contributed by atoms with Crippen molar-refractivity contribution in [1.29, 1.82) is 0 Å². The summed E-state index contributed by atoms with van der Waals surface area (Å²) in [6, 6.07) is 3.48. The Morgan fingerprint density at radius 1 is 1.28 bits per heavy atom. The summed E-state index contributed by atoms with van der Waals surface area (Å²) in [5, 5.41) is 5.62. The largest absolute Gasteiger partial charge is 0.491 e. The van der Waals surface area contributed by atoms with E-state index in [0.717, 1.165) is 11.4 Å². The van der Waals surface area contributed by atoms with Crippen LogP contribution < -0.4 is 4.74 Å². The van der Waals surface area contributed by atoms with Crippen LogP contribution >= 0.6 is 27.5 Å². The maximum absolute atomic E-state index is 12.6. The highest BCUT2D eigenvalue weighted by Crippen LogP contribution is 2.52. The number of hydrazone groups is 1. The normalized spacial score (nSPS) is 30.0. The molecule has 5 nitrogen and oxygen atoms in total. The number of hydrogen-bond donors (Lipinski definition) is 0. The van der Waals surface area contributed by atoms with Crippen molar-refractivity contribution >= 4 is 45.6 Å². The van der Waals surface area contributed by atoms with Crippen LogP contribution in [0.4, 0.5) is 0 Å². The van der Waals surface area contributed by atoms with E-state index < -0.39 is 0 Å². The van der Waals surface area contributed by atoms with Crippen LogP contribution in [0.1, 0.15) is 18.9 Å². The Hall–Kier alpha value is -1.66. The molecule has 4 rings (SSSR count). The Balaban J connectivity index is 1.57. The van der Waals surface area contributed by atoms with Crippen molar-refractivity contribution in [3.8, 4) is 5.75 Å². The second-order valence-electron chi connectivity index (χ2n) is 6.48. The molecule has 0 N–H and O–H groups in total. The SMILES string of the molecule is CCOc1c(Cl)cc(C=NN2C(=O)C3C4C=CC(C4)C3C2=O)cc1Br. The molecule has 4 unspecified atom stereocenters. The number of hydrogen-bond acceptors (Lipinski definition) is 4. The van der Waals surface area contributed by atoms with E-state index >= 15 is 0 Å². The molecular weight excluding hydrogens is 408 g/mol. The Labute approximate surface area is 158 Å². The van der Waals surface area contributed by atoms with Gasteiger partial charge in [0.25, 0.3) is 11.8 Å². The van der Waals surface area contributed by atoms with Crippen molar-refractivity contribution in [2.45, 2.75) is 13.3 Å². The fourth-order valence-corrected chi connectivity index (χ4v) is 5.05. The van der Waals surface area contributed by atoms with Gasteiger partial charge in [-0.3, -0.25) is 9.59 Å². The number of carbonyl (C=O) groups excluding carboxylic acids is 2. The minimum Gasteiger partial charge on any atom is -0.491 e. The van der Waals surface area contributed by atoms with Crippen LogP contribution in [-0.2, 0) is 9.59 Å². The van der Waals surface area contributed by atoms with Gasteiger partial charge in [-0.15, -0.1) is 0 Å². The number of halogens is 2. The molecule has 7 heteroatoms. The van der Waals surface area contributed by atoms with Gasteiger partial charge in [-0.05, 0) is 58.8 Å². The molecule has 1 saturated carbocycles. The first kappa shape index (κ1) is 16.8. The second-order valence-corrected chi connectivity index (χ2v) is 7.74. The van der Waals surface area contributed by atoms with Crippen LogP contribution in [0.3, 0.4) is 0 Å². The van der Waals surface area contributed by atoms with Crippen LogP contribution in [0, 0.1) is 23.7 Å². The van der Waals surface area contributed by atoms with Gasteiger partial charge in [0, 0.05) is 0 Å². The zero-order chi connectivity index (χ0) is 17.7. The lowest BCUT2D eigenvalue weighted by atomic mass is 9.85. The number of ether oxygens (including phenoxy) is 1. The first-order valence-corrected chi connectivity index (χ1v) is 9.40. The zero-order valence-corrected chi connectivity index (χ0v) is 15.8. The Morgan fingerprint density at radius 3 is 2.48 bits per heavy atom. The molecule has 4 atom stereocenters. The zero-order valence-electron chi connectivity index (χ0n) is 13.5. The summed E-state index contributed by atoms with van der Waals surface area (Å²) in [5.74, 6) is 0.0530. The molecule has 1 aromatic rings. The van der Waals surface area contributed by atoms with E-state index in [9.17, 15) is 9.59 Å². The van der Waals surface area contributed by atoms with Gasteiger partial charge in [0.1, 0.15) is 0 Å². The van der Waals surface area contributed by atoms with Crippen molar-refractivity contribution in [2.24, 2.45) is 28.8 Å². The molecule has 1 aliphatic heterocycles. The molecule has 25 heavy (non-hydrogen) atoms. The van der Waals surface area contributed by atoms with Crippen LogP contribution in [0.25, 0.3) is 0 Å². The molecule has 1 aromatic carbocycles. The minimum absolute atomic E-state index is 0.181. The molecular formula is C18H16BrClN2O3. The van der Waals surface area contributed by atoms with Crippen molar-refractivity contribution < 1.29 is 14.3 Å². The summed E-state index contributed by atoms with van der Waals surface area (Å²) in [5.41, 5.74) is 0.680. The lowest BCUT2D eigenvalue weighted by Crippen LogP contribution is -2.28. The fraction of sp³-hybridized carbons (Fsp3) is 0.389. The maximum Gasteiger partial charge on any atom is 0.254 e. The molecule has 2 bridgehead atoms. The molecule has 0 radical (unpaired) electrons. The van der Waals surface area contributed by atoms with E-state index in [-0.39, 0.29) is 35.5 Å². The smallest absolute Gasteiger partial charge is 0.254 e. The number of imide groups is 1. The standard InChI is InChI=1S/C18H16BrClN2O3/c1-2-25-16-12(19)5-9(6-13(16)20)8-21-22-17(23)14-10-3-4-11(7-10)15(14)18(22)24/h3-6,8,10-11,14-15H,2,7H2,1H3. The second kappa shape index (κ2) is 6.25. The predicted molar refractivity (Wildman–Crippen MR) is 97.5 cm³/mol. The maximum atomic E-state index is 12.6. The summed E-state index contributed by atoms with van der Waals surface area (Å²) in [6.07, 6.45) is 6.52. The molecule has 130 valence electrons. The van der Waals surface area contributed by atoms with Crippen molar-refractivity contribution in [1.82, 2.24) is 5.01 Å². The highest BCUT2D eigenvalue weighted by Gasteiger charge is 2.59. The Morgan fingerprint density at radius 2 is 1.92 bits per heavy atom. The van der Waals surface area contributed by atoms with E-state index in [2.05, 4.69) is 33.2 Å². The van der Waals surface area contributed by atoms with E-state index in [1.807, 2.05) is 6.92 Å². The predicted octanol–water partition coefficient (Wildman–Crippen LogP) is 3.64. The van der Waals surface area contributed by atoms with Gasteiger partial charge >= 0.3 is 0 Å². The summed E-state index contributed by atoms with van der Waals surface area (Å²) >= 11 is 9.63. The lowest BCUT2D eigenvalue weighted by Gasteiger charge is -2.13. The van der Waals surface area contributed by atoms with E-state index in [0.29, 0.717) is 27.4 Å². The lowest BCUT2D eigenvalue weighted by molar-refractivity contribution is -0.140. The van der Waals surface area contributed by atoms with Gasteiger partial charge in [-0.2, -0.15) is 10.1 Å². The number of rotatable bonds is 4. The van der Waals surface area contributed by atoms with Crippen molar-refractivity contribution in [3.63, 3.8) is 0 Å². The van der Waals surface area contributed by atoms with Gasteiger partial charge in [0.2, 0.25) is 0 Å². The van der Waals surface area contributed by atoms with Crippen LogP contribution in [0.2, 0.25) is 5.02 Å². The average Bonchev–Trinajstić information content (AvgIpc) is 3.24. The Bertz CT molecular complexity index is 770. The summed E-state index contributed by atoms with van der Waals surface area (Å²) in [4.78, 5) is 25.2. The first-order chi connectivity index (χ1) is 12.0. The summed E-state index contributed by atoms with van der Waals surface area (Å²) in [6.45, 7) is 2.38. The van der Waals surface area contributed by atoms with Gasteiger partial charge < -0.3 is 4.74 Å². The molecule has 0 aromatic heterocycles. The molecule has 2 aliphatic carbocycles. The minimum atomic E-state index is -0.240. The third kappa shape index (κ3) is 2.62. The topological polar surface area (TPSA) is 59.0 Å². The van der Waals surface area contributed by atoms with Crippen LogP contribution in [0.5, 0.6) is 5.75 Å². The number of amides is 2. The molecule has 2 fully saturated rings.